The first-order valence-corrected chi connectivity index (χ1v) is 4.98. The molecule has 2 heteroatoms. The molecule has 0 radical (unpaired) electrons. The minimum absolute atomic E-state index is 0.410. The molecule has 1 heterocycles. The van der Waals surface area contributed by atoms with Gasteiger partial charge < -0.3 is 4.90 Å². The molecule has 0 aromatic rings. The average Bonchev–Trinajstić information content (AvgIpc) is 2.61. The van der Waals surface area contributed by atoms with Gasteiger partial charge in [-0.3, -0.25) is 4.79 Å². The second kappa shape index (κ2) is 2.84. The summed E-state index contributed by atoms with van der Waals surface area (Å²) in [5.41, 5.74) is 0.410. The molecule has 2 rings (SSSR count). The molecule has 2 fully saturated rings. The van der Waals surface area contributed by atoms with Crippen LogP contribution in [0.25, 0.3) is 0 Å². The molecule has 0 N–H and O–H groups in total. The number of hydrogen-bond donors (Lipinski definition) is 0. The molecule has 68 valence electrons. The van der Waals surface area contributed by atoms with Crippen molar-refractivity contribution in [1.82, 2.24) is 4.90 Å². The zero-order valence-electron chi connectivity index (χ0n) is 7.81. The first kappa shape index (κ1) is 8.24. The highest BCUT2D eigenvalue weighted by Gasteiger charge is 2.42. The molecule has 1 spiro atoms. The second-order valence-electron chi connectivity index (χ2n) is 4.33. The predicted molar refractivity (Wildman–Crippen MR) is 48.0 cm³/mol. The van der Waals surface area contributed by atoms with E-state index in [2.05, 4.69) is 11.8 Å². The lowest BCUT2D eigenvalue weighted by molar-refractivity contribution is -0.118. The van der Waals surface area contributed by atoms with Gasteiger partial charge in [-0.05, 0) is 31.3 Å². The third-order valence-electron chi connectivity index (χ3n) is 3.47. The minimum atomic E-state index is 0.410. The fraction of sp³-hybridized carbons (Fsp3) is 0.900. The van der Waals surface area contributed by atoms with Crippen LogP contribution in [0, 0.1) is 5.41 Å². The lowest BCUT2D eigenvalue weighted by Crippen LogP contribution is -2.25. The number of nitrogens with zero attached hydrogens (tertiary/aromatic N) is 1. The van der Waals surface area contributed by atoms with Crippen molar-refractivity contribution in [3.05, 3.63) is 0 Å². The first-order chi connectivity index (χ1) is 5.74. The Balaban J connectivity index is 2.01. The molecule has 1 saturated carbocycles. The fourth-order valence-corrected chi connectivity index (χ4v) is 2.65. The van der Waals surface area contributed by atoms with Crippen LogP contribution in [0.3, 0.4) is 0 Å². The summed E-state index contributed by atoms with van der Waals surface area (Å²) in [5, 5.41) is 0. The van der Waals surface area contributed by atoms with Crippen molar-refractivity contribution in [2.45, 2.75) is 32.6 Å². The summed E-state index contributed by atoms with van der Waals surface area (Å²) in [4.78, 5) is 13.7. The molecule has 1 unspecified atom stereocenters. The van der Waals surface area contributed by atoms with Gasteiger partial charge in [0.1, 0.15) is 5.78 Å². The van der Waals surface area contributed by atoms with Crippen molar-refractivity contribution in [3.63, 3.8) is 0 Å². The molecular weight excluding hydrogens is 150 g/mol. The van der Waals surface area contributed by atoms with E-state index in [4.69, 9.17) is 0 Å². The van der Waals surface area contributed by atoms with Gasteiger partial charge in [-0.2, -0.15) is 0 Å². The molecule has 12 heavy (non-hydrogen) atoms. The Hall–Kier alpha value is -0.370. The lowest BCUT2D eigenvalue weighted by Gasteiger charge is -2.21. The second-order valence-corrected chi connectivity index (χ2v) is 4.33. The maximum absolute atomic E-state index is 11.2. The number of carbonyl (C=O) groups is 1. The molecule has 0 aromatic carbocycles. The van der Waals surface area contributed by atoms with Crippen molar-refractivity contribution in [2.75, 3.05) is 19.6 Å². The topological polar surface area (TPSA) is 20.3 Å². The number of ketones is 1. The summed E-state index contributed by atoms with van der Waals surface area (Å²) in [7, 11) is 0. The summed E-state index contributed by atoms with van der Waals surface area (Å²) < 4.78 is 0. The summed E-state index contributed by atoms with van der Waals surface area (Å²) in [6.45, 7) is 5.74. The van der Waals surface area contributed by atoms with Crippen LogP contribution in [-0.2, 0) is 4.79 Å². The smallest absolute Gasteiger partial charge is 0.133 e. The molecule has 1 atom stereocenters. The van der Waals surface area contributed by atoms with Crippen molar-refractivity contribution in [3.8, 4) is 0 Å². The molecule has 2 nitrogen and oxygen atoms in total. The number of rotatable bonds is 1. The predicted octanol–water partition coefficient (Wildman–Crippen LogP) is 1.45. The van der Waals surface area contributed by atoms with E-state index < -0.39 is 0 Å². The molecule has 0 aromatic heterocycles. The number of Topliss-reactive ketones (excluding diaryl/α,β-unsaturated/α-hetero) is 1. The monoisotopic (exact) mass is 167 g/mol. The van der Waals surface area contributed by atoms with Crippen LogP contribution in [0.15, 0.2) is 0 Å². The third kappa shape index (κ3) is 1.28. The Kier molecular flexibility index (Phi) is 1.95. The van der Waals surface area contributed by atoms with Crippen molar-refractivity contribution >= 4 is 5.78 Å². The van der Waals surface area contributed by atoms with Gasteiger partial charge in [-0.25, -0.2) is 0 Å². The summed E-state index contributed by atoms with van der Waals surface area (Å²) in [6, 6.07) is 0. The SMILES string of the molecule is CCN1CCC2(CCC(=O)C2)C1. The lowest BCUT2D eigenvalue weighted by atomic mass is 9.85. The largest absolute Gasteiger partial charge is 0.303 e. The van der Waals surface area contributed by atoms with Crippen molar-refractivity contribution < 1.29 is 4.79 Å². The fourth-order valence-electron chi connectivity index (χ4n) is 2.65. The number of likely N-dealkylation sites (tertiary alicyclic amines) is 1. The highest BCUT2D eigenvalue weighted by Crippen LogP contribution is 2.43. The number of hydrogen-bond acceptors (Lipinski definition) is 2. The quantitative estimate of drug-likeness (QED) is 0.589. The molecule has 1 saturated heterocycles. The summed E-state index contributed by atoms with van der Waals surface area (Å²) >= 11 is 0. The average molecular weight is 167 g/mol. The minimum Gasteiger partial charge on any atom is -0.303 e. The van der Waals surface area contributed by atoms with Crippen LogP contribution >= 0.6 is 0 Å². The van der Waals surface area contributed by atoms with E-state index in [-0.39, 0.29) is 0 Å². The van der Waals surface area contributed by atoms with Crippen LogP contribution < -0.4 is 0 Å². The highest BCUT2D eigenvalue weighted by atomic mass is 16.1. The van der Waals surface area contributed by atoms with Gasteiger partial charge in [0.15, 0.2) is 0 Å². The summed E-state index contributed by atoms with van der Waals surface area (Å²) in [6.07, 6.45) is 4.12. The summed E-state index contributed by atoms with van der Waals surface area (Å²) in [5.74, 6) is 0.493. The normalized spacial score (nSPS) is 36.9. The Morgan fingerprint density at radius 1 is 1.50 bits per heavy atom. The molecular formula is C10H17NO. The third-order valence-corrected chi connectivity index (χ3v) is 3.47. The van der Waals surface area contributed by atoms with E-state index >= 15 is 0 Å². The van der Waals surface area contributed by atoms with Gasteiger partial charge in [0.2, 0.25) is 0 Å². The van der Waals surface area contributed by atoms with Crippen LogP contribution in [0.4, 0.5) is 0 Å². The van der Waals surface area contributed by atoms with Gasteiger partial charge in [-0.1, -0.05) is 6.92 Å². The molecule has 1 aliphatic carbocycles. The highest BCUT2D eigenvalue weighted by molar-refractivity contribution is 5.81. The molecule has 0 amide bonds. The zero-order chi connectivity index (χ0) is 8.60. The Bertz CT molecular complexity index is 202. The van der Waals surface area contributed by atoms with E-state index in [0.717, 1.165) is 25.8 Å². The molecule has 2 aliphatic rings. The van der Waals surface area contributed by atoms with Gasteiger partial charge in [0, 0.05) is 19.4 Å². The standard InChI is InChI=1S/C10H17NO/c1-2-11-6-5-10(8-11)4-3-9(12)7-10/h2-8H2,1H3. The van der Waals surface area contributed by atoms with Gasteiger partial charge in [-0.15, -0.1) is 0 Å². The molecule has 1 aliphatic heterocycles. The van der Waals surface area contributed by atoms with Gasteiger partial charge in [0.05, 0.1) is 0 Å². The van der Waals surface area contributed by atoms with Gasteiger partial charge in [0.25, 0.3) is 0 Å². The van der Waals surface area contributed by atoms with Crippen LogP contribution in [0.5, 0.6) is 0 Å². The zero-order valence-corrected chi connectivity index (χ0v) is 7.81. The van der Waals surface area contributed by atoms with Crippen LogP contribution in [0.2, 0.25) is 0 Å². The number of carbonyl (C=O) groups excluding carboxylic acids is 1. The Labute approximate surface area is 73.9 Å². The van der Waals surface area contributed by atoms with Crippen molar-refractivity contribution in [1.29, 1.82) is 0 Å². The Morgan fingerprint density at radius 2 is 2.33 bits per heavy atom. The van der Waals surface area contributed by atoms with Crippen molar-refractivity contribution in [2.24, 2.45) is 5.41 Å². The maximum atomic E-state index is 11.2. The molecule has 0 bridgehead atoms. The van der Waals surface area contributed by atoms with E-state index in [9.17, 15) is 4.79 Å². The van der Waals surface area contributed by atoms with Crippen LogP contribution in [0.1, 0.15) is 32.6 Å². The Morgan fingerprint density at radius 3 is 2.83 bits per heavy atom. The van der Waals surface area contributed by atoms with E-state index in [1.165, 1.54) is 19.5 Å². The van der Waals surface area contributed by atoms with Crippen LogP contribution in [-0.4, -0.2) is 30.3 Å². The van der Waals surface area contributed by atoms with Gasteiger partial charge >= 0.3 is 0 Å². The first-order valence-electron chi connectivity index (χ1n) is 4.98. The maximum Gasteiger partial charge on any atom is 0.133 e. The van der Waals surface area contributed by atoms with E-state index in [1.54, 1.807) is 0 Å². The van der Waals surface area contributed by atoms with E-state index in [0.29, 0.717) is 11.2 Å². The van der Waals surface area contributed by atoms with E-state index in [1.807, 2.05) is 0 Å².